The number of rotatable bonds is 7. The van der Waals surface area contributed by atoms with Gasteiger partial charge < -0.3 is 24.8 Å². The predicted molar refractivity (Wildman–Crippen MR) is 111 cm³/mol. The molecule has 0 spiro atoms. The van der Waals surface area contributed by atoms with Crippen molar-refractivity contribution in [2.45, 2.75) is 13.0 Å². The molecule has 1 aliphatic heterocycles. The molecule has 3 aromatic carbocycles. The number of fused-ring (bicyclic) bond motifs is 1. The Morgan fingerprint density at radius 2 is 1.69 bits per heavy atom. The highest BCUT2D eigenvalue weighted by Crippen LogP contribution is 2.34. The van der Waals surface area contributed by atoms with Gasteiger partial charge in [-0.15, -0.1) is 0 Å². The lowest BCUT2D eigenvalue weighted by Gasteiger charge is -2.15. The number of benzene rings is 3. The number of nitrogens with one attached hydrogen (secondary N) is 2. The van der Waals surface area contributed by atoms with E-state index in [4.69, 9.17) is 14.2 Å². The maximum absolute atomic E-state index is 12.2. The molecule has 0 unspecified atom stereocenters. The second-order valence-electron chi connectivity index (χ2n) is 6.71. The second-order valence-corrected chi connectivity index (χ2v) is 6.71. The van der Waals surface area contributed by atoms with Gasteiger partial charge in [0.15, 0.2) is 18.1 Å². The standard InChI is InChI=1S/C23H22N2O4/c1-16(17-7-12-21-22(13-17)29-15-28-21)24-23(26)14-27-20-10-8-19(9-11-20)25-18-5-3-2-4-6-18/h2-13,16,25H,14-15H2,1H3,(H,24,26)/t16-/m0/s1. The molecule has 0 saturated heterocycles. The molecule has 1 amide bonds. The van der Waals surface area contributed by atoms with E-state index in [1.807, 2.05) is 79.7 Å². The van der Waals surface area contributed by atoms with Crippen LogP contribution in [-0.4, -0.2) is 19.3 Å². The SMILES string of the molecule is C[C@H](NC(=O)COc1ccc(Nc2ccccc2)cc1)c1ccc2c(c1)OCO2. The van der Waals surface area contributed by atoms with Crippen molar-refractivity contribution >= 4 is 17.3 Å². The Kier molecular flexibility index (Phi) is 5.52. The molecule has 29 heavy (non-hydrogen) atoms. The third-order valence-electron chi connectivity index (χ3n) is 4.56. The lowest BCUT2D eigenvalue weighted by molar-refractivity contribution is -0.123. The van der Waals surface area contributed by atoms with E-state index in [-0.39, 0.29) is 25.3 Å². The minimum Gasteiger partial charge on any atom is -0.484 e. The van der Waals surface area contributed by atoms with Crippen LogP contribution < -0.4 is 24.8 Å². The maximum atomic E-state index is 12.2. The summed E-state index contributed by atoms with van der Waals surface area (Å²) in [6.45, 7) is 2.09. The monoisotopic (exact) mass is 390 g/mol. The van der Waals surface area contributed by atoms with Gasteiger partial charge in [0.1, 0.15) is 5.75 Å². The Balaban J connectivity index is 1.27. The summed E-state index contributed by atoms with van der Waals surface area (Å²) in [7, 11) is 0. The van der Waals surface area contributed by atoms with Crippen LogP contribution in [-0.2, 0) is 4.79 Å². The van der Waals surface area contributed by atoms with Crippen LogP contribution in [0.25, 0.3) is 0 Å². The minimum atomic E-state index is -0.193. The van der Waals surface area contributed by atoms with Crippen molar-refractivity contribution in [3.05, 3.63) is 78.4 Å². The fraction of sp³-hybridized carbons (Fsp3) is 0.174. The molecule has 2 N–H and O–H groups in total. The van der Waals surface area contributed by atoms with E-state index in [0.717, 1.165) is 22.7 Å². The smallest absolute Gasteiger partial charge is 0.258 e. The molecule has 0 aliphatic carbocycles. The first-order valence-corrected chi connectivity index (χ1v) is 9.41. The zero-order valence-corrected chi connectivity index (χ0v) is 16.1. The Bertz CT molecular complexity index is 974. The minimum absolute atomic E-state index is 0.0552. The van der Waals surface area contributed by atoms with Crippen LogP contribution >= 0.6 is 0 Å². The van der Waals surface area contributed by atoms with Gasteiger partial charge in [-0.1, -0.05) is 24.3 Å². The van der Waals surface area contributed by atoms with Crippen molar-refractivity contribution < 1.29 is 19.0 Å². The van der Waals surface area contributed by atoms with Gasteiger partial charge in [0.2, 0.25) is 6.79 Å². The van der Waals surface area contributed by atoms with E-state index in [2.05, 4.69) is 10.6 Å². The Morgan fingerprint density at radius 1 is 0.966 bits per heavy atom. The summed E-state index contributed by atoms with van der Waals surface area (Å²) in [6.07, 6.45) is 0. The van der Waals surface area contributed by atoms with Gasteiger partial charge in [-0.05, 0) is 61.0 Å². The molecule has 148 valence electrons. The third-order valence-corrected chi connectivity index (χ3v) is 4.56. The Labute approximate surface area is 169 Å². The van der Waals surface area contributed by atoms with Crippen LogP contribution in [0.1, 0.15) is 18.5 Å². The largest absolute Gasteiger partial charge is 0.484 e. The highest BCUT2D eigenvalue weighted by atomic mass is 16.7. The van der Waals surface area contributed by atoms with Crippen LogP contribution in [0, 0.1) is 0 Å². The first-order valence-electron chi connectivity index (χ1n) is 9.41. The summed E-state index contributed by atoms with van der Waals surface area (Å²) < 4.78 is 16.3. The van der Waals surface area contributed by atoms with Gasteiger partial charge in [-0.3, -0.25) is 4.79 Å². The van der Waals surface area contributed by atoms with Crippen LogP contribution in [0.15, 0.2) is 72.8 Å². The van der Waals surface area contributed by atoms with E-state index in [0.29, 0.717) is 11.5 Å². The van der Waals surface area contributed by atoms with Crippen molar-refractivity contribution in [3.63, 3.8) is 0 Å². The molecule has 1 heterocycles. The topological polar surface area (TPSA) is 68.8 Å². The fourth-order valence-electron chi connectivity index (χ4n) is 3.02. The summed E-state index contributed by atoms with van der Waals surface area (Å²) >= 11 is 0. The lowest BCUT2D eigenvalue weighted by atomic mass is 10.1. The quantitative estimate of drug-likeness (QED) is 0.625. The number of hydrogen-bond acceptors (Lipinski definition) is 5. The molecule has 0 aromatic heterocycles. The summed E-state index contributed by atoms with van der Waals surface area (Å²) in [6, 6.07) is 22.9. The summed E-state index contributed by atoms with van der Waals surface area (Å²) in [5.74, 6) is 1.86. The first-order chi connectivity index (χ1) is 14.2. The van der Waals surface area contributed by atoms with Crippen molar-refractivity contribution in [3.8, 4) is 17.2 Å². The number of anilines is 2. The lowest BCUT2D eigenvalue weighted by Crippen LogP contribution is -2.31. The summed E-state index contributed by atoms with van der Waals surface area (Å²) in [5.41, 5.74) is 2.90. The van der Waals surface area contributed by atoms with Crippen molar-refractivity contribution in [2.24, 2.45) is 0 Å². The Morgan fingerprint density at radius 3 is 2.48 bits per heavy atom. The van der Waals surface area contributed by atoms with Gasteiger partial charge >= 0.3 is 0 Å². The number of ether oxygens (including phenoxy) is 3. The maximum Gasteiger partial charge on any atom is 0.258 e. The highest BCUT2D eigenvalue weighted by Gasteiger charge is 2.17. The highest BCUT2D eigenvalue weighted by molar-refractivity contribution is 5.78. The molecule has 1 atom stereocenters. The predicted octanol–water partition coefficient (Wildman–Crippen LogP) is 4.42. The molecule has 6 heteroatoms. The van der Waals surface area contributed by atoms with E-state index in [1.165, 1.54) is 0 Å². The van der Waals surface area contributed by atoms with Gasteiger partial charge in [-0.25, -0.2) is 0 Å². The summed E-state index contributed by atoms with van der Waals surface area (Å²) in [4.78, 5) is 12.2. The Hall–Kier alpha value is -3.67. The van der Waals surface area contributed by atoms with E-state index in [9.17, 15) is 4.79 Å². The zero-order valence-electron chi connectivity index (χ0n) is 16.1. The fourth-order valence-corrected chi connectivity index (χ4v) is 3.02. The zero-order chi connectivity index (χ0) is 20.1. The number of carbonyl (C=O) groups excluding carboxylic acids is 1. The number of hydrogen-bond donors (Lipinski definition) is 2. The van der Waals surface area contributed by atoms with Crippen molar-refractivity contribution in [2.75, 3.05) is 18.7 Å². The average Bonchev–Trinajstić information content (AvgIpc) is 3.22. The molecule has 0 fully saturated rings. The van der Waals surface area contributed by atoms with E-state index < -0.39 is 0 Å². The van der Waals surface area contributed by atoms with Gasteiger partial charge in [0.25, 0.3) is 5.91 Å². The molecular weight excluding hydrogens is 368 g/mol. The average molecular weight is 390 g/mol. The van der Waals surface area contributed by atoms with E-state index in [1.54, 1.807) is 0 Å². The summed E-state index contributed by atoms with van der Waals surface area (Å²) in [5, 5.41) is 6.23. The molecule has 6 nitrogen and oxygen atoms in total. The molecule has 1 aliphatic rings. The first kappa shape index (κ1) is 18.7. The number of para-hydroxylation sites is 1. The van der Waals surface area contributed by atoms with Crippen LogP contribution in [0.4, 0.5) is 11.4 Å². The molecule has 0 saturated carbocycles. The number of carbonyl (C=O) groups is 1. The second kappa shape index (κ2) is 8.56. The normalized spacial score (nSPS) is 12.9. The molecule has 0 bridgehead atoms. The van der Waals surface area contributed by atoms with E-state index >= 15 is 0 Å². The van der Waals surface area contributed by atoms with Gasteiger partial charge in [0.05, 0.1) is 6.04 Å². The molecule has 3 aromatic rings. The van der Waals surface area contributed by atoms with Crippen LogP contribution in [0.5, 0.6) is 17.2 Å². The molecule has 0 radical (unpaired) electrons. The van der Waals surface area contributed by atoms with Crippen LogP contribution in [0.3, 0.4) is 0 Å². The molecule has 4 rings (SSSR count). The third kappa shape index (κ3) is 4.79. The van der Waals surface area contributed by atoms with Gasteiger partial charge in [-0.2, -0.15) is 0 Å². The van der Waals surface area contributed by atoms with Crippen molar-refractivity contribution in [1.29, 1.82) is 0 Å². The van der Waals surface area contributed by atoms with Crippen LogP contribution in [0.2, 0.25) is 0 Å². The molecular formula is C23H22N2O4. The van der Waals surface area contributed by atoms with Gasteiger partial charge in [0, 0.05) is 11.4 Å². The van der Waals surface area contributed by atoms with Crippen molar-refractivity contribution in [1.82, 2.24) is 5.32 Å². The number of amides is 1.